The Morgan fingerprint density at radius 3 is 2.10 bits per heavy atom. The number of halogens is 1. The van der Waals surface area contributed by atoms with E-state index < -0.39 is 5.83 Å². The lowest BCUT2D eigenvalue weighted by Crippen LogP contribution is -1.89. The van der Waals surface area contributed by atoms with Gasteiger partial charge in [-0.15, -0.1) is 0 Å². The molecule has 0 atom stereocenters. The Labute approximate surface area is 61.8 Å². The summed E-state index contributed by atoms with van der Waals surface area (Å²) in [4.78, 5) is 0. The standard InChI is InChI=1S/C9H13F/c1-5-9(7(2)3)6-8(4)10/h5-7H,1,4H2,2-3H3/b9-6+. The maximum atomic E-state index is 12.2. The molecule has 0 amide bonds. The van der Waals surface area contributed by atoms with Crippen molar-refractivity contribution < 1.29 is 4.39 Å². The second kappa shape index (κ2) is 4.04. The first-order valence-corrected chi connectivity index (χ1v) is 3.26. The maximum absolute atomic E-state index is 12.2. The van der Waals surface area contributed by atoms with E-state index in [4.69, 9.17) is 0 Å². The topological polar surface area (TPSA) is 0 Å². The van der Waals surface area contributed by atoms with E-state index in [0.717, 1.165) is 5.57 Å². The molecule has 0 N–H and O–H groups in total. The third kappa shape index (κ3) is 3.23. The van der Waals surface area contributed by atoms with Gasteiger partial charge in [0.2, 0.25) is 0 Å². The van der Waals surface area contributed by atoms with Crippen LogP contribution in [0.15, 0.2) is 36.7 Å². The fourth-order valence-corrected chi connectivity index (χ4v) is 0.642. The van der Waals surface area contributed by atoms with E-state index in [-0.39, 0.29) is 0 Å². The molecule has 0 saturated heterocycles. The van der Waals surface area contributed by atoms with Crippen LogP contribution in [0.25, 0.3) is 0 Å². The van der Waals surface area contributed by atoms with Crippen LogP contribution < -0.4 is 0 Å². The van der Waals surface area contributed by atoms with E-state index in [2.05, 4.69) is 13.2 Å². The fraction of sp³-hybridized carbons (Fsp3) is 0.333. The van der Waals surface area contributed by atoms with Crippen LogP contribution in [0.1, 0.15) is 13.8 Å². The maximum Gasteiger partial charge on any atom is 0.116 e. The monoisotopic (exact) mass is 140 g/mol. The molecule has 56 valence electrons. The lowest BCUT2D eigenvalue weighted by Gasteiger charge is -2.03. The van der Waals surface area contributed by atoms with Crippen molar-refractivity contribution >= 4 is 0 Å². The van der Waals surface area contributed by atoms with E-state index in [9.17, 15) is 4.39 Å². The molecule has 0 aliphatic rings. The molecule has 0 aliphatic heterocycles. The summed E-state index contributed by atoms with van der Waals surface area (Å²) in [5, 5.41) is 0. The van der Waals surface area contributed by atoms with Gasteiger partial charge in [0, 0.05) is 0 Å². The Morgan fingerprint density at radius 1 is 1.50 bits per heavy atom. The molecule has 0 saturated carbocycles. The highest BCUT2D eigenvalue weighted by atomic mass is 19.1. The van der Waals surface area contributed by atoms with E-state index in [0.29, 0.717) is 5.92 Å². The van der Waals surface area contributed by atoms with Crippen molar-refractivity contribution in [2.24, 2.45) is 5.92 Å². The molecule has 0 radical (unpaired) electrons. The van der Waals surface area contributed by atoms with Gasteiger partial charge in [0.1, 0.15) is 5.83 Å². The zero-order chi connectivity index (χ0) is 8.15. The number of allylic oxidation sites excluding steroid dienone is 4. The van der Waals surface area contributed by atoms with Gasteiger partial charge in [0.25, 0.3) is 0 Å². The number of hydrogen-bond donors (Lipinski definition) is 0. The van der Waals surface area contributed by atoms with Crippen LogP contribution in [0, 0.1) is 5.92 Å². The molecule has 0 nitrogen and oxygen atoms in total. The van der Waals surface area contributed by atoms with Gasteiger partial charge >= 0.3 is 0 Å². The highest BCUT2D eigenvalue weighted by Crippen LogP contribution is 2.12. The summed E-state index contributed by atoms with van der Waals surface area (Å²) in [6.45, 7) is 10.7. The Kier molecular flexibility index (Phi) is 3.70. The van der Waals surface area contributed by atoms with Gasteiger partial charge in [-0.05, 0) is 17.6 Å². The normalized spacial score (nSPS) is 11.8. The van der Waals surface area contributed by atoms with Crippen LogP contribution in [0.4, 0.5) is 4.39 Å². The van der Waals surface area contributed by atoms with Gasteiger partial charge in [-0.1, -0.05) is 33.1 Å². The van der Waals surface area contributed by atoms with E-state index in [1.54, 1.807) is 6.08 Å². The average Bonchev–Trinajstić information content (AvgIpc) is 1.81. The molecule has 0 spiro atoms. The molecular weight excluding hydrogens is 127 g/mol. The SMILES string of the molecule is C=C/C(=C\C(=C)F)C(C)C. The van der Waals surface area contributed by atoms with Crippen LogP contribution in [0.3, 0.4) is 0 Å². The van der Waals surface area contributed by atoms with Crippen LogP contribution in [0.2, 0.25) is 0 Å². The lowest BCUT2D eigenvalue weighted by molar-refractivity contribution is 0.664. The third-order valence-corrected chi connectivity index (χ3v) is 1.23. The predicted molar refractivity (Wildman–Crippen MR) is 43.4 cm³/mol. The van der Waals surface area contributed by atoms with E-state index in [1.807, 2.05) is 13.8 Å². The summed E-state index contributed by atoms with van der Waals surface area (Å²) in [6.07, 6.45) is 3.05. The number of hydrogen-bond acceptors (Lipinski definition) is 0. The van der Waals surface area contributed by atoms with Gasteiger partial charge in [-0.25, -0.2) is 4.39 Å². The highest BCUT2D eigenvalue weighted by Gasteiger charge is 1.97. The highest BCUT2D eigenvalue weighted by molar-refractivity contribution is 5.25. The molecule has 0 rings (SSSR count). The molecule has 0 heterocycles. The summed E-state index contributed by atoms with van der Waals surface area (Å²) < 4.78 is 12.2. The van der Waals surface area contributed by atoms with Crippen molar-refractivity contribution in [3.05, 3.63) is 36.7 Å². The van der Waals surface area contributed by atoms with Crippen molar-refractivity contribution in [2.75, 3.05) is 0 Å². The van der Waals surface area contributed by atoms with Crippen molar-refractivity contribution in [1.29, 1.82) is 0 Å². The first kappa shape index (κ1) is 9.15. The van der Waals surface area contributed by atoms with Crippen LogP contribution in [-0.2, 0) is 0 Å². The minimum Gasteiger partial charge on any atom is -0.208 e. The second-order valence-electron chi connectivity index (χ2n) is 2.45. The van der Waals surface area contributed by atoms with Gasteiger partial charge in [-0.3, -0.25) is 0 Å². The van der Waals surface area contributed by atoms with Gasteiger partial charge in [-0.2, -0.15) is 0 Å². The molecule has 10 heavy (non-hydrogen) atoms. The Hall–Kier alpha value is -0.850. The van der Waals surface area contributed by atoms with Crippen molar-refractivity contribution in [1.82, 2.24) is 0 Å². The minimum absolute atomic E-state index is 0.310. The smallest absolute Gasteiger partial charge is 0.116 e. The Bertz CT molecular complexity index is 164. The first-order chi connectivity index (χ1) is 4.57. The largest absolute Gasteiger partial charge is 0.208 e. The van der Waals surface area contributed by atoms with Gasteiger partial charge in [0.15, 0.2) is 0 Å². The van der Waals surface area contributed by atoms with Gasteiger partial charge < -0.3 is 0 Å². The van der Waals surface area contributed by atoms with Crippen molar-refractivity contribution in [2.45, 2.75) is 13.8 Å². The summed E-state index contributed by atoms with van der Waals surface area (Å²) in [5.74, 6) is -0.103. The summed E-state index contributed by atoms with van der Waals surface area (Å²) >= 11 is 0. The molecule has 0 aliphatic carbocycles. The first-order valence-electron chi connectivity index (χ1n) is 3.26. The molecule has 0 fully saturated rings. The van der Waals surface area contributed by atoms with Crippen LogP contribution in [0.5, 0.6) is 0 Å². The molecule has 0 unspecified atom stereocenters. The zero-order valence-corrected chi connectivity index (χ0v) is 6.52. The molecular formula is C9H13F. The Morgan fingerprint density at radius 2 is 2.00 bits per heavy atom. The van der Waals surface area contributed by atoms with Crippen LogP contribution >= 0.6 is 0 Å². The minimum atomic E-state index is -0.413. The number of rotatable bonds is 3. The van der Waals surface area contributed by atoms with E-state index in [1.165, 1.54) is 6.08 Å². The zero-order valence-electron chi connectivity index (χ0n) is 6.52. The molecule has 0 aromatic heterocycles. The Balaban J connectivity index is 4.33. The third-order valence-electron chi connectivity index (χ3n) is 1.23. The average molecular weight is 140 g/mol. The molecule has 0 aromatic rings. The molecule has 1 heteroatoms. The summed E-state index contributed by atoms with van der Waals surface area (Å²) in [6, 6.07) is 0. The quantitative estimate of drug-likeness (QED) is 0.528. The van der Waals surface area contributed by atoms with Gasteiger partial charge in [0.05, 0.1) is 0 Å². The van der Waals surface area contributed by atoms with Crippen LogP contribution in [-0.4, -0.2) is 0 Å². The van der Waals surface area contributed by atoms with Crippen molar-refractivity contribution in [3.63, 3.8) is 0 Å². The van der Waals surface area contributed by atoms with E-state index >= 15 is 0 Å². The summed E-state index contributed by atoms with van der Waals surface area (Å²) in [5.41, 5.74) is 0.882. The molecule has 0 bridgehead atoms. The lowest BCUT2D eigenvalue weighted by atomic mass is 10.0. The second-order valence-corrected chi connectivity index (χ2v) is 2.45. The van der Waals surface area contributed by atoms with Crippen molar-refractivity contribution in [3.8, 4) is 0 Å². The fourth-order valence-electron chi connectivity index (χ4n) is 0.642. The predicted octanol–water partition coefficient (Wildman–Crippen LogP) is 3.24. The molecule has 0 aromatic carbocycles. The summed E-state index contributed by atoms with van der Waals surface area (Å²) in [7, 11) is 0.